The monoisotopic (exact) mass is 398 g/mol. The van der Waals surface area contributed by atoms with Crippen molar-refractivity contribution in [1.29, 1.82) is 0 Å². The highest BCUT2D eigenvalue weighted by molar-refractivity contribution is 6.38. The van der Waals surface area contributed by atoms with Crippen molar-refractivity contribution in [3.8, 4) is 0 Å². The Morgan fingerprint density at radius 2 is 1.21 bits per heavy atom. The molecule has 0 amide bonds. The molecular weight excluding hydrogens is 387 g/mol. The lowest BCUT2D eigenvalue weighted by Gasteiger charge is -2.12. The molecule has 7 aromatic rings. The Labute approximate surface area is 169 Å². The third-order valence-electron chi connectivity index (χ3n) is 5.95. The minimum atomic E-state index is 0.734. The number of hydrogen-bond acceptors (Lipinski definition) is 0. The molecule has 132 valence electrons. The number of nitrogens with zero attached hydrogens (tertiary/aromatic N) is 2. The van der Waals surface area contributed by atoms with Gasteiger partial charge in [-0.3, -0.25) is 0 Å². The van der Waals surface area contributed by atoms with E-state index in [0.717, 1.165) is 32.1 Å². The lowest BCUT2D eigenvalue weighted by molar-refractivity contribution is 1.26. The van der Waals surface area contributed by atoms with Gasteiger partial charge < -0.3 is 8.80 Å². The molecule has 3 heterocycles. The smallest absolute Gasteiger partial charge is 0.0898 e. The normalized spacial score (nSPS) is 12.6. The van der Waals surface area contributed by atoms with Crippen molar-refractivity contribution >= 4 is 77.8 Å². The highest BCUT2D eigenvalue weighted by atomic mass is 35.5. The van der Waals surface area contributed by atoms with Crippen molar-refractivity contribution < 1.29 is 0 Å². The molecule has 0 aliphatic carbocycles. The van der Waals surface area contributed by atoms with Crippen molar-refractivity contribution in [1.82, 2.24) is 8.80 Å². The van der Waals surface area contributed by atoms with Crippen LogP contribution in [-0.2, 0) is 0 Å². The zero-order valence-electron chi connectivity index (χ0n) is 14.6. The number of halogens is 2. The maximum atomic E-state index is 6.82. The molecule has 0 aliphatic rings. The molecule has 0 radical (unpaired) electrons. The van der Waals surface area contributed by atoms with Gasteiger partial charge in [-0.25, -0.2) is 0 Å². The SMILES string of the molecule is Clc1ccc2c3ccc(Cl)c4c3n(c2c1)c1cccc2c3ccccc3n4c21. The fourth-order valence-electron chi connectivity index (χ4n) is 4.91. The van der Waals surface area contributed by atoms with Crippen molar-refractivity contribution in [3.63, 3.8) is 0 Å². The van der Waals surface area contributed by atoms with E-state index in [-0.39, 0.29) is 0 Å². The van der Waals surface area contributed by atoms with Gasteiger partial charge in [0.1, 0.15) is 0 Å². The second kappa shape index (κ2) is 4.91. The average Bonchev–Trinajstić information content (AvgIpc) is 3.22. The van der Waals surface area contributed by atoms with Gasteiger partial charge in [0.15, 0.2) is 0 Å². The predicted octanol–water partition coefficient (Wildman–Crippen LogP) is 7.55. The Kier molecular flexibility index (Phi) is 2.64. The van der Waals surface area contributed by atoms with Gasteiger partial charge in [-0.15, -0.1) is 0 Å². The van der Waals surface area contributed by atoms with Gasteiger partial charge in [0.05, 0.1) is 38.1 Å². The number of aromatic nitrogens is 2. The molecule has 0 atom stereocenters. The Bertz CT molecular complexity index is 1740. The molecular formula is C24H12Cl2N2. The van der Waals surface area contributed by atoms with E-state index in [2.05, 4.69) is 63.4 Å². The molecule has 0 saturated heterocycles. The molecule has 4 aromatic carbocycles. The van der Waals surface area contributed by atoms with Gasteiger partial charge in [0.2, 0.25) is 0 Å². The summed E-state index contributed by atoms with van der Waals surface area (Å²) in [4.78, 5) is 0. The highest BCUT2D eigenvalue weighted by Crippen LogP contribution is 2.42. The van der Waals surface area contributed by atoms with E-state index in [4.69, 9.17) is 23.2 Å². The predicted molar refractivity (Wildman–Crippen MR) is 120 cm³/mol. The maximum Gasteiger partial charge on any atom is 0.0898 e. The van der Waals surface area contributed by atoms with Gasteiger partial charge >= 0.3 is 0 Å². The molecule has 0 unspecified atom stereocenters. The largest absolute Gasteiger partial charge is 0.305 e. The van der Waals surface area contributed by atoms with Crippen LogP contribution in [0.25, 0.3) is 54.6 Å². The second-order valence-corrected chi connectivity index (χ2v) is 8.16. The molecule has 28 heavy (non-hydrogen) atoms. The molecule has 3 aromatic heterocycles. The zero-order chi connectivity index (χ0) is 18.6. The molecule has 0 aliphatic heterocycles. The van der Waals surface area contributed by atoms with Crippen molar-refractivity contribution in [3.05, 3.63) is 82.8 Å². The Morgan fingerprint density at radius 1 is 0.500 bits per heavy atom. The Balaban J connectivity index is 2.01. The number of para-hydroxylation sites is 2. The summed E-state index contributed by atoms with van der Waals surface area (Å²) in [6, 6.07) is 25.3. The average molecular weight is 399 g/mol. The topological polar surface area (TPSA) is 8.82 Å². The van der Waals surface area contributed by atoms with E-state index < -0.39 is 0 Å². The van der Waals surface area contributed by atoms with Crippen LogP contribution in [0.15, 0.2) is 72.8 Å². The van der Waals surface area contributed by atoms with Crippen LogP contribution < -0.4 is 0 Å². The van der Waals surface area contributed by atoms with Crippen molar-refractivity contribution in [2.45, 2.75) is 0 Å². The molecule has 4 heteroatoms. The van der Waals surface area contributed by atoms with E-state index >= 15 is 0 Å². The summed E-state index contributed by atoms with van der Waals surface area (Å²) in [6.07, 6.45) is 0. The fourth-order valence-corrected chi connectivity index (χ4v) is 5.32. The number of rotatable bonds is 0. The quantitative estimate of drug-likeness (QED) is 0.233. The first-order valence-electron chi connectivity index (χ1n) is 9.19. The van der Waals surface area contributed by atoms with E-state index in [1.54, 1.807) is 0 Å². The summed E-state index contributed by atoms with van der Waals surface area (Å²) in [6.45, 7) is 0. The van der Waals surface area contributed by atoms with E-state index in [1.807, 2.05) is 18.2 Å². The minimum absolute atomic E-state index is 0.734. The lowest BCUT2D eigenvalue weighted by Crippen LogP contribution is -1.97. The standard InChI is InChI=1S/C24H12Cl2N2/c25-13-8-9-15-17-10-11-18(26)24-23(17)27(21(15)12-13)20-7-3-5-16-14-4-1-2-6-19(14)28(24)22(16)20/h1-12H. The lowest BCUT2D eigenvalue weighted by atomic mass is 10.1. The van der Waals surface area contributed by atoms with E-state index in [0.29, 0.717) is 0 Å². The number of fused-ring (bicyclic) bond motifs is 8. The van der Waals surface area contributed by atoms with Crippen LogP contribution in [0, 0.1) is 0 Å². The Hall–Kier alpha value is -2.94. The molecule has 0 N–H and O–H groups in total. The first-order chi connectivity index (χ1) is 13.7. The first-order valence-corrected chi connectivity index (χ1v) is 9.95. The third kappa shape index (κ3) is 1.59. The van der Waals surface area contributed by atoms with Crippen LogP contribution in [-0.4, -0.2) is 8.80 Å². The zero-order valence-corrected chi connectivity index (χ0v) is 16.1. The van der Waals surface area contributed by atoms with Gasteiger partial charge in [-0.05, 0) is 30.3 Å². The van der Waals surface area contributed by atoms with Crippen LogP contribution in [0.3, 0.4) is 0 Å². The fraction of sp³-hybridized carbons (Fsp3) is 0. The van der Waals surface area contributed by atoms with Gasteiger partial charge in [0, 0.05) is 26.6 Å². The van der Waals surface area contributed by atoms with Gasteiger partial charge in [-0.2, -0.15) is 0 Å². The second-order valence-electron chi connectivity index (χ2n) is 7.31. The maximum absolute atomic E-state index is 6.82. The molecule has 2 nitrogen and oxygen atoms in total. The summed E-state index contributed by atoms with van der Waals surface area (Å²) >= 11 is 13.2. The van der Waals surface area contributed by atoms with Crippen LogP contribution >= 0.6 is 23.2 Å². The number of hydrogen-bond donors (Lipinski definition) is 0. The molecule has 0 bridgehead atoms. The minimum Gasteiger partial charge on any atom is -0.305 e. The molecule has 0 fully saturated rings. The van der Waals surface area contributed by atoms with E-state index in [9.17, 15) is 0 Å². The summed E-state index contributed by atoms with van der Waals surface area (Å²) in [5, 5.41) is 6.32. The van der Waals surface area contributed by atoms with Crippen LogP contribution in [0.2, 0.25) is 10.0 Å². The summed E-state index contributed by atoms with van der Waals surface area (Å²) in [5.74, 6) is 0. The van der Waals surface area contributed by atoms with Crippen molar-refractivity contribution in [2.75, 3.05) is 0 Å². The van der Waals surface area contributed by atoms with Crippen LogP contribution in [0.4, 0.5) is 0 Å². The molecule has 0 spiro atoms. The highest BCUT2D eigenvalue weighted by Gasteiger charge is 2.21. The molecule has 0 saturated carbocycles. The summed E-state index contributed by atoms with van der Waals surface area (Å²) in [7, 11) is 0. The number of benzene rings is 4. The van der Waals surface area contributed by atoms with Gasteiger partial charge in [0.25, 0.3) is 0 Å². The first kappa shape index (κ1) is 15.0. The third-order valence-corrected chi connectivity index (χ3v) is 6.49. The molecule has 7 rings (SSSR count). The van der Waals surface area contributed by atoms with E-state index in [1.165, 1.54) is 32.6 Å². The van der Waals surface area contributed by atoms with Gasteiger partial charge in [-0.1, -0.05) is 65.7 Å². The van der Waals surface area contributed by atoms with Crippen LogP contribution in [0.1, 0.15) is 0 Å². The summed E-state index contributed by atoms with van der Waals surface area (Å²) < 4.78 is 4.64. The van der Waals surface area contributed by atoms with Crippen molar-refractivity contribution in [2.24, 2.45) is 0 Å². The Morgan fingerprint density at radius 3 is 2.14 bits per heavy atom. The summed E-state index contributed by atoms with van der Waals surface area (Å²) in [5.41, 5.74) is 6.79. The van der Waals surface area contributed by atoms with Crippen LogP contribution in [0.5, 0.6) is 0 Å².